The molecule has 0 radical (unpaired) electrons. The van der Waals surface area contributed by atoms with Gasteiger partial charge in [0.25, 0.3) is 0 Å². The summed E-state index contributed by atoms with van der Waals surface area (Å²) in [6.07, 6.45) is 0. The van der Waals surface area contributed by atoms with Crippen LogP contribution >= 0.6 is 24.8 Å². The molecule has 0 spiro atoms. The minimum absolute atomic E-state index is 0. The molecule has 2 unspecified atom stereocenters. The van der Waals surface area contributed by atoms with Crippen LogP contribution in [0.5, 0.6) is 0 Å². The summed E-state index contributed by atoms with van der Waals surface area (Å²) >= 11 is 0. The Hall–Kier alpha value is -0.600. The van der Waals surface area contributed by atoms with Gasteiger partial charge in [0.1, 0.15) is 0 Å². The van der Waals surface area contributed by atoms with Gasteiger partial charge >= 0.3 is 0 Å². The molecule has 2 fully saturated rings. The average Bonchev–Trinajstić information content (AvgIpc) is 2.94. The molecule has 0 aliphatic carbocycles. The number of hydrogen-bond acceptors (Lipinski definition) is 5. The minimum atomic E-state index is -0.568. The van der Waals surface area contributed by atoms with E-state index >= 15 is 0 Å². The molecule has 7 nitrogen and oxygen atoms in total. The molecule has 9 heteroatoms. The van der Waals surface area contributed by atoms with Crippen molar-refractivity contribution in [1.82, 2.24) is 15.1 Å². The first-order valence-corrected chi connectivity index (χ1v) is 8.53. The van der Waals surface area contributed by atoms with Crippen molar-refractivity contribution >= 4 is 36.6 Å². The highest BCUT2D eigenvalue weighted by Gasteiger charge is 2.36. The fourth-order valence-corrected chi connectivity index (χ4v) is 3.23. The van der Waals surface area contributed by atoms with Gasteiger partial charge in [-0.2, -0.15) is 0 Å². The zero-order chi connectivity index (χ0) is 17.0. The molecule has 0 aromatic heterocycles. The lowest BCUT2D eigenvalue weighted by atomic mass is 10.0. The summed E-state index contributed by atoms with van der Waals surface area (Å²) in [5.41, 5.74) is 5.79. The fourth-order valence-electron chi connectivity index (χ4n) is 3.23. The van der Waals surface area contributed by atoms with E-state index in [0.29, 0.717) is 12.0 Å². The molecule has 2 saturated heterocycles. The van der Waals surface area contributed by atoms with Gasteiger partial charge in [-0.1, -0.05) is 20.8 Å². The van der Waals surface area contributed by atoms with Crippen molar-refractivity contribution < 1.29 is 14.3 Å². The Morgan fingerprint density at radius 1 is 1.20 bits per heavy atom. The lowest BCUT2D eigenvalue weighted by molar-refractivity contribution is -0.132. The number of morpholine rings is 1. The number of hydrogen-bond donors (Lipinski definition) is 2. The van der Waals surface area contributed by atoms with Crippen LogP contribution in [0.3, 0.4) is 0 Å². The number of carbonyl (C=O) groups excluding carboxylic acids is 2. The first-order valence-electron chi connectivity index (χ1n) is 8.53. The first-order chi connectivity index (χ1) is 10.9. The van der Waals surface area contributed by atoms with E-state index in [2.05, 4.69) is 17.1 Å². The lowest BCUT2D eigenvalue weighted by Gasteiger charge is -2.34. The van der Waals surface area contributed by atoms with Crippen LogP contribution in [0.15, 0.2) is 0 Å². The van der Waals surface area contributed by atoms with Crippen LogP contribution < -0.4 is 11.1 Å². The molecular weight excluding hydrogens is 367 g/mol. The van der Waals surface area contributed by atoms with E-state index < -0.39 is 6.04 Å². The van der Waals surface area contributed by atoms with Crippen LogP contribution in [0.1, 0.15) is 20.8 Å². The van der Waals surface area contributed by atoms with E-state index in [1.54, 1.807) is 0 Å². The van der Waals surface area contributed by atoms with Gasteiger partial charge in [-0.25, -0.2) is 0 Å². The maximum Gasteiger partial charge on any atom is 0.242 e. The van der Waals surface area contributed by atoms with Gasteiger partial charge in [-0.3, -0.25) is 14.5 Å². The summed E-state index contributed by atoms with van der Waals surface area (Å²) in [6.45, 7) is 10.8. The quantitative estimate of drug-likeness (QED) is 0.685. The van der Waals surface area contributed by atoms with Gasteiger partial charge in [0.15, 0.2) is 0 Å². The SMILES string of the molecule is CC1CN(C(=O)CNC(=O)[C@@H](N)C(C)C)CC1N1CCOCC1.Cl.Cl. The normalized spacial score (nSPS) is 25.1. The van der Waals surface area contributed by atoms with E-state index in [9.17, 15) is 9.59 Å². The zero-order valence-electron chi connectivity index (χ0n) is 15.3. The second-order valence-corrected chi connectivity index (χ2v) is 6.98. The number of carbonyl (C=O) groups is 2. The largest absolute Gasteiger partial charge is 0.379 e. The van der Waals surface area contributed by atoms with Crippen molar-refractivity contribution in [3.05, 3.63) is 0 Å². The maximum atomic E-state index is 12.3. The Bertz CT molecular complexity index is 434. The summed E-state index contributed by atoms with van der Waals surface area (Å²) in [6, 6.07) is -0.183. The molecule has 0 bridgehead atoms. The van der Waals surface area contributed by atoms with Crippen molar-refractivity contribution in [2.45, 2.75) is 32.9 Å². The second kappa shape index (κ2) is 11.2. The minimum Gasteiger partial charge on any atom is -0.379 e. The van der Waals surface area contributed by atoms with Gasteiger partial charge in [0.2, 0.25) is 11.8 Å². The number of likely N-dealkylation sites (tertiary alicyclic amines) is 1. The Balaban J connectivity index is 0.00000288. The van der Waals surface area contributed by atoms with Crippen LogP contribution in [0.4, 0.5) is 0 Å². The first kappa shape index (κ1) is 24.4. The highest BCUT2D eigenvalue weighted by molar-refractivity contribution is 5.87. The Labute approximate surface area is 162 Å². The van der Waals surface area contributed by atoms with E-state index in [1.165, 1.54) is 0 Å². The lowest BCUT2D eigenvalue weighted by Crippen LogP contribution is -2.49. The molecule has 148 valence electrons. The summed E-state index contributed by atoms with van der Waals surface area (Å²) in [7, 11) is 0. The van der Waals surface area contributed by atoms with Gasteiger partial charge < -0.3 is 20.7 Å². The summed E-state index contributed by atoms with van der Waals surface area (Å²) in [4.78, 5) is 28.5. The Morgan fingerprint density at radius 3 is 2.36 bits per heavy atom. The number of nitrogens with two attached hydrogens (primary N) is 1. The highest BCUT2D eigenvalue weighted by Crippen LogP contribution is 2.22. The summed E-state index contributed by atoms with van der Waals surface area (Å²) < 4.78 is 5.39. The van der Waals surface area contributed by atoms with Crippen molar-refractivity contribution in [2.75, 3.05) is 45.9 Å². The predicted molar refractivity (Wildman–Crippen MR) is 102 cm³/mol. The number of nitrogens with zero attached hydrogens (tertiary/aromatic N) is 2. The number of amides is 2. The fraction of sp³-hybridized carbons (Fsp3) is 0.875. The van der Waals surface area contributed by atoms with Crippen molar-refractivity contribution in [3.63, 3.8) is 0 Å². The molecule has 25 heavy (non-hydrogen) atoms. The van der Waals surface area contributed by atoms with Gasteiger partial charge in [-0.15, -0.1) is 24.8 Å². The van der Waals surface area contributed by atoms with Gasteiger partial charge in [0.05, 0.1) is 25.8 Å². The molecule has 3 N–H and O–H groups in total. The molecule has 2 amide bonds. The van der Waals surface area contributed by atoms with Crippen LogP contribution in [0, 0.1) is 11.8 Å². The number of halogens is 2. The molecule has 2 rings (SSSR count). The molecule has 0 aromatic carbocycles. The molecule has 2 aliphatic heterocycles. The summed E-state index contributed by atoms with van der Waals surface area (Å²) in [5, 5.41) is 2.66. The van der Waals surface area contributed by atoms with E-state index in [-0.39, 0.29) is 49.1 Å². The highest BCUT2D eigenvalue weighted by atomic mass is 35.5. The standard InChI is InChI=1S/C16H30N4O3.2ClH/c1-11(2)15(17)16(22)18-8-14(21)20-9-12(3)13(10-20)19-4-6-23-7-5-19;;/h11-13,15H,4-10,17H2,1-3H3,(H,18,22);2*1H/t12?,13?,15-;;/m0../s1. The van der Waals surface area contributed by atoms with Gasteiger partial charge in [-0.05, 0) is 11.8 Å². The molecule has 0 saturated carbocycles. The predicted octanol–water partition coefficient (Wildman–Crippen LogP) is 0.109. The molecule has 2 aliphatic rings. The Kier molecular flexibility index (Phi) is 10.9. The van der Waals surface area contributed by atoms with Crippen LogP contribution in [-0.4, -0.2) is 79.6 Å². The average molecular weight is 399 g/mol. The molecule has 2 heterocycles. The van der Waals surface area contributed by atoms with Crippen molar-refractivity contribution in [3.8, 4) is 0 Å². The monoisotopic (exact) mass is 398 g/mol. The topological polar surface area (TPSA) is 87.9 Å². The van der Waals surface area contributed by atoms with E-state index in [4.69, 9.17) is 10.5 Å². The molecular formula is C16H32Cl2N4O3. The van der Waals surface area contributed by atoms with Crippen LogP contribution in [-0.2, 0) is 14.3 Å². The summed E-state index contributed by atoms with van der Waals surface area (Å²) in [5.74, 6) is 0.204. The number of nitrogens with one attached hydrogen (secondary N) is 1. The third-order valence-electron chi connectivity index (χ3n) is 4.87. The molecule has 3 atom stereocenters. The van der Waals surface area contributed by atoms with Crippen LogP contribution in [0.2, 0.25) is 0 Å². The van der Waals surface area contributed by atoms with E-state index in [0.717, 1.165) is 39.4 Å². The second-order valence-electron chi connectivity index (χ2n) is 6.98. The third kappa shape index (κ3) is 6.57. The van der Waals surface area contributed by atoms with Crippen molar-refractivity contribution in [2.24, 2.45) is 17.6 Å². The number of ether oxygens (including phenoxy) is 1. The third-order valence-corrected chi connectivity index (χ3v) is 4.87. The van der Waals surface area contributed by atoms with Gasteiger partial charge in [0, 0.05) is 32.2 Å². The molecule has 0 aromatic rings. The van der Waals surface area contributed by atoms with E-state index in [1.807, 2.05) is 18.7 Å². The smallest absolute Gasteiger partial charge is 0.242 e. The van der Waals surface area contributed by atoms with Crippen molar-refractivity contribution in [1.29, 1.82) is 0 Å². The number of rotatable bonds is 5. The Morgan fingerprint density at radius 2 is 1.80 bits per heavy atom. The zero-order valence-corrected chi connectivity index (χ0v) is 16.9. The van der Waals surface area contributed by atoms with Crippen LogP contribution in [0.25, 0.3) is 0 Å². The maximum absolute atomic E-state index is 12.3.